The Morgan fingerprint density at radius 1 is 1.18 bits per heavy atom. The van der Waals surface area contributed by atoms with Crippen molar-refractivity contribution in [3.8, 4) is 0 Å². The number of hydrogen-bond acceptors (Lipinski definition) is 4. The quantitative estimate of drug-likeness (QED) is 0.189. The van der Waals surface area contributed by atoms with E-state index in [0.29, 0.717) is 38.6 Å². The standard InChI is InChI=1S/C20H30N4O4/c1-2-3-12-18(25)21-14-8-7-11-17(19(26)24-28)23-20(27)22-15-13-16-9-5-4-6-10-16/h4-6,9-10,14,17,28H,2-3,7-8,11-13,15H2,1H3,(H,24,26)(H2,22,23,27)/t17-/m0/s1. The third-order valence-corrected chi connectivity index (χ3v) is 4.08. The van der Waals surface area contributed by atoms with Gasteiger partial charge in [0, 0.05) is 19.2 Å². The Labute approximate surface area is 165 Å². The predicted molar refractivity (Wildman–Crippen MR) is 107 cm³/mol. The highest BCUT2D eigenvalue weighted by molar-refractivity contribution is 5.86. The van der Waals surface area contributed by atoms with Gasteiger partial charge in [0.25, 0.3) is 5.91 Å². The van der Waals surface area contributed by atoms with Crippen molar-refractivity contribution in [1.82, 2.24) is 16.1 Å². The first-order valence-corrected chi connectivity index (χ1v) is 9.64. The van der Waals surface area contributed by atoms with Crippen molar-refractivity contribution in [2.45, 2.75) is 57.9 Å². The number of nitrogens with zero attached hydrogens (tertiary/aromatic N) is 1. The van der Waals surface area contributed by atoms with Crippen molar-refractivity contribution in [2.24, 2.45) is 4.99 Å². The van der Waals surface area contributed by atoms with Crippen LogP contribution in [-0.4, -0.2) is 41.9 Å². The SMILES string of the molecule is CCCCC(=O)N=CCCC[C@H](NC(=O)NCCc1ccccc1)C(=O)NO. The summed E-state index contributed by atoms with van der Waals surface area (Å²) in [5.41, 5.74) is 2.66. The lowest BCUT2D eigenvalue weighted by molar-refractivity contribution is -0.131. The summed E-state index contributed by atoms with van der Waals surface area (Å²) >= 11 is 0. The number of urea groups is 1. The molecule has 154 valence electrons. The van der Waals surface area contributed by atoms with Gasteiger partial charge in [-0.1, -0.05) is 43.7 Å². The minimum atomic E-state index is -0.870. The molecule has 1 rings (SSSR count). The molecule has 4 N–H and O–H groups in total. The van der Waals surface area contributed by atoms with Gasteiger partial charge in [0.05, 0.1) is 0 Å². The van der Waals surface area contributed by atoms with Crippen LogP contribution in [0.3, 0.4) is 0 Å². The lowest BCUT2D eigenvalue weighted by atomic mass is 10.1. The Morgan fingerprint density at radius 2 is 1.93 bits per heavy atom. The van der Waals surface area contributed by atoms with E-state index in [1.807, 2.05) is 37.3 Å². The molecule has 0 aromatic heterocycles. The number of carbonyl (C=O) groups excluding carboxylic acids is 3. The minimum Gasteiger partial charge on any atom is -0.338 e. The molecule has 1 atom stereocenters. The monoisotopic (exact) mass is 390 g/mol. The fraction of sp³-hybridized carbons (Fsp3) is 0.500. The molecule has 0 radical (unpaired) electrons. The molecule has 0 spiro atoms. The summed E-state index contributed by atoms with van der Waals surface area (Å²) in [6.07, 6.45) is 5.76. The lowest BCUT2D eigenvalue weighted by Gasteiger charge is -2.16. The van der Waals surface area contributed by atoms with E-state index in [1.165, 1.54) is 6.21 Å². The summed E-state index contributed by atoms with van der Waals surface area (Å²) in [5.74, 6) is -0.836. The number of amides is 4. The van der Waals surface area contributed by atoms with Crippen LogP contribution in [0.5, 0.6) is 0 Å². The average molecular weight is 390 g/mol. The van der Waals surface area contributed by atoms with Gasteiger partial charge in [-0.25, -0.2) is 15.3 Å². The van der Waals surface area contributed by atoms with E-state index >= 15 is 0 Å². The highest BCUT2D eigenvalue weighted by Crippen LogP contribution is 2.02. The maximum Gasteiger partial charge on any atom is 0.315 e. The van der Waals surface area contributed by atoms with E-state index in [9.17, 15) is 14.4 Å². The van der Waals surface area contributed by atoms with E-state index in [0.717, 1.165) is 18.4 Å². The molecule has 0 saturated carbocycles. The Bertz CT molecular complexity index is 634. The molecule has 0 saturated heterocycles. The summed E-state index contributed by atoms with van der Waals surface area (Å²) in [5, 5.41) is 14.1. The van der Waals surface area contributed by atoms with Crippen LogP contribution >= 0.6 is 0 Å². The van der Waals surface area contributed by atoms with Crippen molar-refractivity contribution in [3.63, 3.8) is 0 Å². The summed E-state index contributed by atoms with van der Waals surface area (Å²) in [6.45, 7) is 2.43. The fourth-order valence-electron chi connectivity index (χ4n) is 2.49. The van der Waals surface area contributed by atoms with Gasteiger partial charge in [-0.2, -0.15) is 0 Å². The van der Waals surface area contributed by atoms with E-state index in [1.54, 1.807) is 5.48 Å². The number of hydrogen-bond donors (Lipinski definition) is 4. The summed E-state index contributed by atoms with van der Waals surface area (Å²) in [4.78, 5) is 39.0. The van der Waals surface area contributed by atoms with Crippen LogP contribution in [0.1, 0.15) is 51.0 Å². The molecule has 1 aromatic rings. The zero-order valence-electron chi connectivity index (χ0n) is 16.3. The highest BCUT2D eigenvalue weighted by Gasteiger charge is 2.19. The second kappa shape index (κ2) is 14.3. The molecule has 0 heterocycles. The van der Waals surface area contributed by atoms with Crippen LogP contribution in [0.4, 0.5) is 4.79 Å². The number of aliphatic imine (C=N–C) groups is 1. The van der Waals surface area contributed by atoms with Crippen molar-refractivity contribution >= 4 is 24.1 Å². The predicted octanol–water partition coefficient (Wildman–Crippen LogP) is 2.36. The van der Waals surface area contributed by atoms with Gasteiger partial charge in [0.2, 0.25) is 5.91 Å². The molecule has 0 aliphatic heterocycles. The number of nitrogens with one attached hydrogen (secondary N) is 3. The summed E-state index contributed by atoms with van der Waals surface area (Å²) in [6, 6.07) is 8.37. The molecule has 0 bridgehead atoms. The van der Waals surface area contributed by atoms with Gasteiger partial charge >= 0.3 is 6.03 Å². The van der Waals surface area contributed by atoms with Gasteiger partial charge in [-0.15, -0.1) is 0 Å². The maximum absolute atomic E-state index is 12.0. The van der Waals surface area contributed by atoms with E-state index in [2.05, 4.69) is 15.6 Å². The Balaban J connectivity index is 2.33. The number of rotatable bonds is 12. The second-order valence-corrected chi connectivity index (χ2v) is 6.40. The molecule has 0 aliphatic rings. The van der Waals surface area contributed by atoms with Crippen molar-refractivity contribution in [2.75, 3.05) is 6.54 Å². The maximum atomic E-state index is 12.0. The van der Waals surface area contributed by atoms with Crippen LogP contribution in [-0.2, 0) is 16.0 Å². The number of unbranched alkanes of at least 4 members (excludes halogenated alkanes) is 2. The zero-order valence-corrected chi connectivity index (χ0v) is 16.3. The Kier molecular flexibility index (Phi) is 11.9. The van der Waals surface area contributed by atoms with E-state index in [4.69, 9.17) is 5.21 Å². The molecule has 4 amide bonds. The van der Waals surface area contributed by atoms with Gasteiger partial charge in [-0.05, 0) is 37.7 Å². The van der Waals surface area contributed by atoms with Crippen LogP contribution in [0, 0.1) is 0 Å². The molecular formula is C20H30N4O4. The topological polar surface area (TPSA) is 120 Å². The van der Waals surface area contributed by atoms with Crippen LogP contribution < -0.4 is 16.1 Å². The van der Waals surface area contributed by atoms with Crippen molar-refractivity contribution in [3.05, 3.63) is 35.9 Å². The first kappa shape index (κ1) is 23.3. The van der Waals surface area contributed by atoms with Gasteiger partial charge < -0.3 is 10.6 Å². The Hall–Kier alpha value is -2.74. The highest BCUT2D eigenvalue weighted by atomic mass is 16.5. The molecule has 0 aliphatic carbocycles. The van der Waals surface area contributed by atoms with E-state index < -0.39 is 18.0 Å². The third-order valence-electron chi connectivity index (χ3n) is 4.08. The zero-order chi connectivity index (χ0) is 20.6. The number of hydroxylamine groups is 1. The largest absolute Gasteiger partial charge is 0.338 e. The lowest BCUT2D eigenvalue weighted by Crippen LogP contribution is -2.49. The fourth-order valence-corrected chi connectivity index (χ4v) is 2.49. The first-order chi connectivity index (χ1) is 13.6. The molecule has 0 unspecified atom stereocenters. The second-order valence-electron chi connectivity index (χ2n) is 6.40. The van der Waals surface area contributed by atoms with Crippen LogP contribution in [0.2, 0.25) is 0 Å². The molecule has 0 fully saturated rings. The normalized spacial score (nSPS) is 11.8. The van der Waals surface area contributed by atoms with Crippen LogP contribution in [0.25, 0.3) is 0 Å². The Morgan fingerprint density at radius 3 is 2.61 bits per heavy atom. The van der Waals surface area contributed by atoms with Gasteiger partial charge in [0.1, 0.15) is 6.04 Å². The number of benzene rings is 1. The average Bonchev–Trinajstić information content (AvgIpc) is 2.71. The van der Waals surface area contributed by atoms with Crippen molar-refractivity contribution in [1.29, 1.82) is 0 Å². The third kappa shape index (κ3) is 10.4. The molecule has 28 heavy (non-hydrogen) atoms. The summed E-state index contributed by atoms with van der Waals surface area (Å²) in [7, 11) is 0. The minimum absolute atomic E-state index is 0.151. The van der Waals surface area contributed by atoms with Crippen molar-refractivity contribution < 1.29 is 19.6 Å². The molecule has 8 heteroatoms. The molecule has 1 aromatic carbocycles. The van der Waals surface area contributed by atoms with E-state index in [-0.39, 0.29) is 5.91 Å². The number of carbonyl (C=O) groups is 3. The van der Waals surface area contributed by atoms with Gasteiger partial charge in [0.15, 0.2) is 0 Å². The molecular weight excluding hydrogens is 360 g/mol. The summed E-state index contributed by atoms with van der Waals surface area (Å²) < 4.78 is 0. The van der Waals surface area contributed by atoms with Crippen LogP contribution in [0.15, 0.2) is 35.3 Å². The smallest absolute Gasteiger partial charge is 0.315 e. The first-order valence-electron chi connectivity index (χ1n) is 9.64. The van der Waals surface area contributed by atoms with Gasteiger partial charge in [-0.3, -0.25) is 14.8 Å². The molecule has 8 nitrogen and oxygen atoms in total.